The molecule has 0 radical (unpaired) electrons. The van der Waals surface area contributed by atoms with Crippen LogP contribution in [-0.2, 0) is 12.0 Å². The summed E-state index contributed by atoms with van der Waals surface area (Å²) in [6.07, 6.45) is 3.86. The molecule has 2 nitrogen and oxygen atoms in total. The summed E-state index contributed by atoms with van der Waals surface area (Å²) >= 11 is 0. The molecule has 0 saturated carbocycles. The highest BCUT2D eigenvalue weighted by Crippen LogP contribution is 2.26. The SMILES string of the molecule is CCNCc1cncc(-c2ccc(C(C)(C)C)cc2)c1. The highest BCUT2D eigenvalue weighted by Gasteiger charge is 2.13. The molecule has 0 aliphatic carbocycles. The van der Waals surface area contributed by atoms with Crippen LogP contribution in [0.4, 0.5) is 0 Å². The van der Waals surface area contributed by atoms with E-state index in [1.807, 2.05) is 12.4 Å². The molecule has 1 aromatic carbocycles. The zero-order valence-corrected chi connectivity index (χ0v) is 12.9. The molecule has 0 unspecified atom stereocenters. The molecule has 2 heteroatoms. The third-order valence-corrected chi connectivity index (χ3v) is 3.46. The first kappa shape index (κ1) is 14.7. The highest BCUT2D eigenvalue weighted by molar-refractivity contribution is 5.63. The van der Waals surface area contributed by atoms with Crippen molar-refractivity contribution in [2.45, 2.75) is 39.7 Å². The number of hydrogen-bond donors (Lipinski definition) is 1. The topological polar surface area (TPSA) is 24.9 Å². The van der Waals surface area contributed by atoms with E-state index in [-0.39, 0.29) is 5.41 Å². The fourth-order valence-corrected chi connectivity index (χ4v) is 2.17. The number of benzene rings is 1. The summed E-state index contributed by atoms with van der Waals surface area (Å²) in [5.74, 6) is 0. The number of nitrogens with one attached hydrogen (secondary N) is 1. The molecule has 0 bridgehead atoms. The molecule has 2 rings (SSSR count). The molecule has 1 N–H and O–H groups in total. The molecular formula is C18H24N2. The van der Waals surface area contributed by atoms with Crippen molar-refractivity contribution in [1.29, 1.82) is 0 Å². The molecule has 1 heterocycles. The largest absolute Gasteiger partial charge is 0.313 e. The second kappa shape index (κ2) is 6.19. The predicted molar refractivity (Wildman–Crippen MR) is 85.8 cm³/mol. The Hall–Kier alpha value is -1.67. The standard InChI is InChI=1S/C18H24N2/c1-5-19-11-14-10-16(13-20-12-14)15-6-8-17(9-7-15)18(2,3)4/h6-10,12-13,19H,5,11H2,1-4H3. The quantitative estimate of drug-likeness (QED) is 0.900. The Bertz CT molecular complexity index is 550. The number of rotatable bonds is 4. The minimum atomic E-state index is 0.198. The number of nitrogens with zero attached hydrogens (tertiary/aromatic N) is 1. The first-order chi connectivity index (χ1) is 9.50. The molecule has 0 atom stereocenters. The van der Waals surface area contributed by atoms with Crippen molar-refractivity contribution in [1.82, 2.24) is 10.3 Å². The van der Waals surface area contributed by atoms with E-state index in [4.69, 9.17) is 0 Å². The van der Waals surface area contributed by atoms with Crippen LogP contribution in [0.5, 0.6) is 0 Å². The van der Waals surface area contributed by atoms with Crippen LogP contribution in [-0.4, -0.2) is 11.5 Å². The molecule has 20 heavy (non-hydrogen) atoms. The second-order valence-corrected chi connectivity index (χ2v) is 6.19. The van der Waals surface area contributed by atoms with E-state index in [1.54, 1.807) is 0 Å². The summed E-state index contributed by atoms with van der Waals surface area (Å²) in [7, 11) is 0. The fraction of sp³-hybridized carbons (Fsp3) is 0.389. The van der Waals surface area contributed by atoms with Crippen LogP contribution < -0.4 is 5.32 Å². The van der Waals surface area contributed by atoms with Crippen LogP contribution >= 0.6 is 0 Å². The van der Waals surface area contributed by atoms with Crippen LogP contribution in [0.15, 0.2) is 42.7 Å². The molecule has 0 saturated heterocycles. The van der Waals surface area contributed by atoms with Gasteiger partial charge in [0.15, 0.2) is 0 Å². The molecule has 0 aliphatic rings. The summed E-state index contributed by atoms with van der Waals surface area (Å²) in [6, 6.07) is 11.0. The van der Waals surface area contributed by atoms with Crippen molar-refractivity contribution in [2.24, 2.45) is 0 Å². The van der Waals surface area contributed by atoms with E-state index < -0.39 is 0 Å². The van der Waals surface area contributed by atoms with E-state index in [9.17, 15) is 0 Å². The predicted octanol–water partition coefficient (Wildman–Crippen LogP) is 4.16. The van der Waals surface area contributed by atoms with Gasteiger partial charge < -0.3 is 5.32 Å². The van der Waals surface area contributed by atoms with Gasteiger partial charge in [0.25, 0.3) is 0 Å². The third-order valence-electron chi connectivity index (χ3n) is 3.46. The van der Waals surface area contributed by atoms with E-state index in [0.717, 1.165) is 13.1 Å². The lowest BCUT2D eigenvalue weighted by molar-refractivity contribution is 0.590. The molecule has 0 spiro atoms. The Morgan fingerprint density at radius 3 is 2.30 bits per heavy atom. The molecule has 106 valence electrons. The first-order valence-corrected chi connectivity index (χ1v) is 7.26. The van der Waals surface area contributed by atoms with Gasteiger partial charge in [-0.1, -0.05) is 52.0 Å². The monoisotopic (exact) mass is 268 g/mol. The maximum Gasteiger partial charge on any atom is 0.0346 e. The summed E-state index contributed by atoms with van der Waals surface area (Å²) in [4.78, 5) is 4.35. The Kier molecular flexibility index (Phi) is 4.56. The Balaban J connectivity index is 2.23. The van der Waals surface area contributed by atoms with Gasteiger partial charge in [-0.25, -0.2) is 0 Å². The second-order valence-electron chi connectivity index (χ2n) is 6.19. The van der Waals surface area contributed by atoms with Crippen molar-refractivity contribution in [3.8, 4) is 11.1 Å². The van der Waals surface area contributed by atoms with Gasteiger partial charge in [0.1, 0.15) is 0 Å². The van der Waals surface area contributed by atoms with Gasteiger partial charge in [0.05, 0.1) is 0 Å². The summed E-state index contributed by atoms with van der Waals surface area (Å²) in [5, 5.41) is 3.33. The Labute approximate surface area is 122 Å². The number of aromatic nitrogens is 1. The van der Waals surface area contributed by atoms with E-state index >= 15 is 0 Å². The zero-order chi connectivity index (χ0) is 14.6. The van der Waals surface area contributed by atoms with Crippen LogP contribution in [0.25, 0.3) is 11.1 Å². The summed E-state index contributed by atoms with van der Waals surface area (Å²) < 4.78 is 0. The van der Waals surface area contributed by atoms with Crippen LogP contribution in [0.3, 0.4) is 0 Å². The Morgan fingerprint density at radius 2 is 1.70 bits per heavy atom. The highest BCUT2D eigenvalue weighted by atomic mass is 14.8. The van der Waals surface area contributed by atoms with Gasteiger partial charge in [0.2, 0.25) is 0 Å². The first-order valence-electron chi connectivity index (χ1n) is 7.26. The smallest absolute Gasteiger partial charge is 0.0346 e. The van der Waals surface area contributed by atoms with Crippen LogP contribution in [0, 0.1) is 0 Å². The van der Waals surface area contributed by atoms with Gasteiger partial charge in [-0.05, 0) is 34.7 Å². The van der Waals surface area contributed by atoms with E-state index in [1.165, 1.54) is 22.3 Å². The van der Waals surface area contributed by atoms with E-state index in [0.29, 0.717) is 0 Å². The average molecular weight is 268 g/mol. The summed E-state index contributed by atoms with van der Waals surface area (Å²) in [5.41, 5.74) is 5.19. The molecule has 0 amide bonds. The van der Waals surface area contributed by atoms with Crippen molar-refractivity contribution in [2.75, 3.05) is 6.54 Å². The van der Waals surface area contributed by atoms with Crippen molar-refractivity contribution >= 4 is 0 Å². The average Bonchev–Trinajstić information content (AvgIpc) is 2.45. The van der Waals surface area contributed by atoms with Crippen molar-refractivity contribution in [3.63, 3.8) is 0 Å². The molecule has 0 fully saturated rings. The minimum absolute atomic E-state index is 0.198. The maximum atomic E-state index is 4.35. The lowest BCUT2D eigenvalue weighted by atomic mass is 9.86. The number of hydrogen-bond acceptors (Lipinski definition) is 2. The lowest BCUT2D eigenvalue weighted by Gasteiger charge is -2.19. The van der Waals surface area contributed by atoms with Gasteiger partial charge in [-0.3, -0.25) is 4.98 Å². The number of pyridine rings is 1. The van der Waals surface area contributed by atoms with Gasteiger partial charge >= 0.3 is 0 Å². The summed E-state index contributed by atoms with van der Waals surface area (Å²) in [6.45, 7) is 10.7. The van der Waals surface area contributed by atoms with Crippen LogP contribution in [0.1, 0.15) is 38.8 Å². The van der Waals surface area contributed by atoms with Crippen LogP contribution in [0.2, 0.25) is 0 Å². The van der Waals surface area contributed by atoms with Gasteiger partial charge in [-0.15, -0.1) is 0 Å². The van der Waals surface area contributed by atoms with Gasteiger partial charge in [0, 0.05) is 24.5 Å². The van der Waals surface area contributed by atoms with Gasteiger partial charge in [-0.2, -0.15) is 0 Å². The molecule has 2 aromatic rings. The normalized spacial score (nSPS) is 11.6. The fourth-order valence-electron chi connectivity index (χ4n) is 2.17. The maximum absolute atomic E-state index is 4.35. The third kappa shape index (κ3) is 3.67. The lowest BCUT2D eigenvalue weighted by Crippen LogP contribution is -2.12. The zero-order valence-electron chi connectivity index (χ0n) is 12.9. The Morgan fingerprint density at radius 1 is 1.00 bits per heavy atom. The van der Waals surface area contributed by atoms with Crippen molar-refractivity contribution < 1.29 is 0 Å². The molecule has 1 aromatic heterocycles. The molecule has 0 aliphatic heterocycles. The van der Waals surface area contributed by atoms with Crippen molar-refractivity contribution in [3.05, 3.63) is 53.9 Å². The van der Waals surface area contributed by atoms with E-state index in [2.05, 4.69) is 68.3 Å². The minimum Gasteiger partial charge on any atom is -0.313 e. The molecular weight excluding hydrogens is 244 g/mol.